The van der Waals surface area contributed by atoms with Gasteiger partial charge in [0, 0.05) is 49.1 Å². The van der Waals surface area contributed by atoms with Crippen LogP contribution in [0.25, 0.3) is 0 Å². The lowest BCUT2D eigenvalue weighted by Crippen LogP contribution is -2.75. The lowest BCUT2D eigenvalue weighted by Gasteiger charge is -2.63. The van der Waals surface area contributed by atoms with Gasteiger partial charge in [-0.25, -0.2) is 0 Å². The van der Waals surface area contributed by atoms with Gasteiger partial charge in [-0.3, -0.25) is 9.80 Å². The van der Waals surface area contributed by atoms with Crippen LogP contribution in [0.3, 0.4) is 0 Å². The number of aromatic amines is 1. The van der Waals surface area contributed by atoms with Crippen LogP contribution in [-0.4, -0.2) is 84.7 Å². The van der Waals surface area contributed by atoms with Crippen LogP contribution < -0.4 is 9.47 Å². The third-order valence-corrected chi connectivity index (χ3v) is 15.7. The number of phenolic OH excluding ortho intramolecular Hbond substituents is 2. The maximum Gasteiger partial charge on any atom is 0.166 e. The van der Waals surface area contributed by atoms with Crippen LogP contribution in [0.5, 0.6) is 23.0 Å². The highest BCUT2D eigenvalue weighted by atomic mass is 16.5. The molecule has 9 nitrogen and oxygen atoms in total. The molecule has 10 aliphatic rings. The van der Waals surface area contributed by atoms with Crippen LogP contribution in [0.2, 0.25) is 0 Å². The van der Waals surface area contributed by atoms with Gasteiger partial charge in [0.05, 0.1) is 33.4 Å². The minimum atomic E-state index is -1.09. The molecule has 2 saturated heterocycles. The number of nitrogens with one attached hydrogen (secondary N) is 1. The number of phenols is 2. The Kier molecular flexibility index (Phi) is 4.64. The Hall–Kier alpha value is -3.24. The number of hydrogen-bond donors (Lipinski definition) is 5. The fraction of sp³-hybridized carbons (Fsp3) is 0.600. The number of aliphatic hydroxyl groups is 2. The Labute approximate surface area is 284 Å². The first-order valence-electron chi connectivity index (χ1n) is 19.0. The molecule has 4 bridgehead atoms. The minimum Gasteiger partial charge on any atom is -0.504 e. The summed E-state index contributed by atoms with van der Waals surface area (Å²) in [5.41, 5.74) is 4.93. The summed E-state index contributed by atoms with van der Waals surface area (Å²) in [7, 11) is 0. The highest BCUT2D eigenvalue weighted by Gasteiger charge is 2.76. The summed E-state index contributed by atoms with van der Waals surface area (Å²) >= 11 is 0. The average molecular weight is 662 g/mol. The molecule has 13 rings (SSSR count). The summed E-state index contributed by atoms with van der Waals surface area (Å²) in [6, 6.07) is 7.56. The van der Waals surface area contributed by atoms with E-state index >= 15 is 0 Å². The molecule has 254 valence electrons. The van der Waals surface area contributed by atoms with Gasteiger partial charge in [0.25, 0.3) is 0 Å². The van der Waals surface area contributed by atoms with Crippen molar-refractivity contribution >= 4 is 0 Å². The van der Waals surface area contributed by atoms with Gasteiger partial charge in [-0.1, -0.05) is 12.1 Å². The van der Waals surface area contributed by atoms with Crippen LogP contribution in [0.1, 0.15) is 95.5 Å². The standard InChI is InChI=1S/C40H43N3O6/c44-25-7-5-21-13-27-39(46)15-23-24-16-40(47)28-14-22-6-8-26(45)34-30(22)38(40,10-12-43(28)18-20-3-4-20)36(49-34)32(24)41-31(23)35-37(39,29(21)33(25)48-35)9-11-42(27)17-19-1-2-19/h5-8,19-20,27-28,35-36,41,44-47H,1-4,9-18H2/t27-,28?,35?,36?,37?,38?,39-,40-/m1/s1. The zero-order valence-corrected chi connectivity index (χ0v) is 27.7. The lowest BCUT2D eigenvalue weighted by molar-refractivity contribution is -0.176. The van der Waals surface area contributed by atoms with E-state index < -0.39 is 34.2 Å². The van der Waals surface area contributed by atoms with E-state index in [2.05, 4.69) is 26.9 Å². The van der Waals surface area contributed by atoms with Gasteiger partial charge in [-0.15, -0.1) is 0 Å². The summed E-state index contributed by atoms with van der Waals surface area (Å²) in [6.07, 6.45) is 8.06. The summed E-state index contributed by atoms with van der Waals surface area (Å²) in [6.45, 7) is 3.84. The number of rotatable bonds is 4. The van der Waals surface area contributed by atoms with Gasteiger partial charge in [-0.2, -0.15) is 0 Å². The number of piperidine rings is 2. The Balaban J connectivity index is 1.03. The summed E-state index contributed by atoms with van der Waals surface area (Å²) in [4.78, 5) is 9.05. The highest BCUT2D eigenvalue weighted by Crippen LogP contribution is 2.72. The number of nitrogens with zero attached hydrogens (tertiary/aromatic N) is 2. The van der Waals surface area contributed by atoms with Gasteiger partial charge >= 0.3 is 0 Å². The molecule has 2 saturated carbocycles. The van der Waals surface area contributed by atoms with Crippen molar-refractivity contribution in [2.24, 2.45) is 11.8 Å². The molecular weight excluding hydrogens is 618 g/mol. The molecule has 9 heteroatoms. The smallest absolute Gasteiger partial charge is 0.166 e. The molecule has 4 aliphatic heterocycles. The molecule has 1 aromatic heterocycles. The second-order valence-electron chi connectivity index (χ2n) is 17.8. The summed E-state index contributed by atoms with van der Waals surface area (Å²) < 4.78 is 13.9. The number of benzene rings is 2. The Morgan fingerprint density at radius 1 is 0.673 bits per heavy atom. The Morgan fingerprint density at radius 3 is 1.55 bits per heavy atom. The Bertz CT molecular complexity index is 1910. The van der Waals surface area contributed by atoms with Crippen molar-refractivity contribution in [1.29, 1.82) is 0 Å². The minimum absolute atomic E-state index is 0.0535. The fourth-order valence-corrected chi connectivity index (χ4v) is 13.4. The molecule has 5 N–H and O–H groups in total. The second-order valence-corrected chi connectivity index (χ2v) is 17.8. The first kappa shape index (κ1) is 27.5. The van der Waals surface area contributed by atoms with Gasteiger partial charge in [0.1, 0.15) is 0 Å². The van der Waals surface area contributed by atoms with Crippen molar-refractivity contribution in [2.75, 3.05) is 26.2 Å². The molecule has 0 radical (unpaired) electrons. The third-order valence-electron chi connectivity index (χ3n) is 15.7. The van der Waals surface area contributed by atoms with E-state index in [1.807, 2.05) is 0 Å². The van der Waals surface area contributed by atoms with E-state index in [1.165, 1.54) is 36.8 Å². The quantitative estimate of drug-likeness (QED) is 0.286. The van der Waals surface area contributed by atoms with Crippen molar-refractivity contribution in [1.82, 2.24) is 14.8 Å². The van der Waals surface area contributed by atoms with E-state index in [9.17, 15) is 20.4 Å². The predicted octanol–water partition coefficient (Wildman–Crippen LogP) is 3.82. The molecule has 0 amide bonds. The van der Waals surface area contributed by atoms with E-state index in [-0.39, 0.29) is 23.6 Å². The van der Waals surface area contributed by atoms with Crippen LogP contribution in [-0.2, 0) is 36.5 Å². The van der Waals surface area contributed by atoms with Crippen molar-refractivity contribution in [3.05, 3.63) is 69.0 Å². The van der Waals surface area contributed by atoms with Crippen LogP contribution in [0.4, 0.5) is 0 Å². The molecule has 5 unspecified atom stereocenters. The molecule has 6 aliphatic carbocycles. The molecule has 3 aromatic rings. The summed E-state index contributed by atoms with van der Waals surface area (Å²) in [5.74, 6) is 2.77. The zero-order chi connectivity index (χ0) is 32.4. The SMILES string of the molecule is Oc1ccc2c3c1OC1c4[nH]c5c(c4C[C@@]4(O)C(C2)N(CC2CC2)CCC314)C[C@@]1(O)[C@H]2Cc3ccc(O)c4c3C1(CCN2CC1CC1)C5O4. The first-order valence-corrected chi connectivity index (χ1v) is 19.0. The maximum atomic E-state index is 13.5. The number of hydrogen-bond acceptors (Lipinski definition) is 8. The molecule has 2 spiro atoms. The van der Waals surface area contributed by atoms with Crippen LogP contribution in [0.15, 0.2) is 24.3 Å². The highest BCUT2D eigenvalue weighted by molar-refractivity contribution is 5.68. The number of ether oxygens (including phenoxy) is 2. The largest absolute Gasteiger partial charge is 0.504 e. The number of H-pyrrole nitrogens is 1. The molecular formula is C40H43N3O6. The van der Waals surface area contributed by atoms with E-state index in [0.717, 1.165) is 85.5 Å². The average Bonchev–Trinajstić information content (AvgIpc) is 3.98. The van der Waals surface area contributed by atoms with Gasteiger partial charge < -0.3 is 34.9 Å². The molecule has 4 fully saturated rings. The number of fused-ring (bicyclic) bond motifs is 5. The van der Waals surface area contributed by atoms with E-state index in [4.69, 9.17) is 9.47 Å². The lowest BCUT2D eigenvalue weighted by atomic mass is 9.47. The predicted molar refractivity (Wildman–Crippen MR) is 177 cm³/mol. The second kappa shape index (κ2) is 8.28. The van der Waals surface area contributed by atoms with Gasteiger partial charge in [0.2, 0.25) is 0 Å². The summed E-state index contributed by atoms with van der Waals surface area (Å²) in [5, 5.41) is 49.4. The van der Waals surface area contributed by atoms with Gasteiger partial charge in [-0.05, 0) is 111 Å². The third kappa shape index (κ3) is 2.87. The van der Waals surface area contributed by atoms with Crippen molar-refractivity contribution < 1.29 is 29.9 Å². The molecule has 8 atom stereocenters. The zero-order valence-electron chi connectivity index (χ0n) is 27.7. The topological polar surface area (TPSA) is 122 Å². The monoisotopic (exact) mass is 661 g/mol. The number of aromatic hydroxyl groups is 2. The van der Waals surface area contributed by atoms with Gasteiger partial charge in [0.15, 0.2) is 35.2 Å². The first-order chi connectivity index (χ1) is 23.7. The molecule has 49 heavy (non-hydrogen) atoms. The number of likely N-dealkylation sites (tertiary alicyclic amines) is 2. The van der Waals surface area contributed by atoms with Crippen molar-refractivity contribution in [3.8, 4) is 23.0 Å². The fourth-order valence-electron chi connectivity index (χ4n) is 13.4. The molecule has 2 aromatic carbocycles. The van der Waals surface area contributed by atoms with E-state index in [0.29, 0.717) is 36.2 Å². The number of aromatic nitrogens is 1. The Morgan fingerprint density at radius 2 is 1.12 bits per heavy atom. The van der Waals surface area contributed by atoms with Crippen molar-refractivity contribution in [3.63, 3.8) is 0 Å². The van der Waals surface area contributed by atoms with E-state index in [1.54, 1.807) is 12.1 Å². The van der Waals surface area contributed by atoms with Crippen molar-refractivity contribution in [2.45, 2.75) is 111 Å². The molecule has 5 heterocycles. The maximum absolute atomic E-state index is 13.5. The normalized spacial score (nSPS) is 41.3. The van der Waals surface area contributed by atoms with Crippen LogP contribution >= 0.6 is 0 Å². The van der Waals surface area contributed by atoms with Crippen LogP contribution in [0, 0.1) is 11.8 Å².